The molecule has 0 saturated heterocycles. The molecule has 2 rings (SSSR count). The van der Waals surface area contributed by atoms with Gasteiger partial charge in [-0.25, -0.2) is 0 Å². The Morgan fingerprint density at radius 3 is 2.58 bits per heavy atom. The molecule has 0 aromatic rings. The van der Waals surface area contributed by atoms with Gasteiger partial charge in [-0.1, -0.05) is 6.92 Å². The van der Waals surface area contributed by atoms with Crippen LogP contribution in [0.4, 0.5) is 13.2 Å². The summed E-state index contributed by atoms with van der Waals surface area (Å²) in [5, 5.41) is 10.1. The van der Waals surface area contributed by atoms with Crippen LogP contribution in [0.5, 0.6) is 0 Å². The van der Waals surface area contributed by atoms with Crippen molar-refractivity contribution in [2.24, 2.45) is 17.8 Å². The molecule has 2 aliphatic rings. The number of halogens is 3. The highest BCUT2D eigenvalue weighted by atomic mass is 19.4. The van der Waals surface area contributed by atoms with Gasteiger partial charge in [0, 0.05) is 18.9 Å². The number of hydrogen-bond donors (Lipinski definition) is 1. The van der Waals surface area contributed by atoms with Crippen LogP contribution in [0.25, 0.3) is 0 Å². The molecule has 0 spiro atoms. The lowest BCUT2D eigenvalue weighted by Gasteiger charge is -2.50. The Hall–Kier alpha value is -0.620. The van der Waals surface area contributed by atoms with Gasteiger partial charge in [-0.3, -0.25) is 4.79 Å². The maximum absolute atomic E-state index is 13.2. The standard InChI is InChI=1S/C13H19F3O3/c1-3-19-10-6-12(18,13(14,15)16)9-5-7(2)4-8(10)11(9)17/h7-10,18H,3-6H2,1-2H3/t7-,8+,9+,10-,12+/m0/s1. The largest absolute Gasteiger partial charge is 0.417 e. The molecule has 0 aromatic carbocycles. The molecule has 0 aliphatic heterocycles. The average molecular weight is 280 g/mol. The van der Waals surface area contributed by atoms with E-state index in [0.29, 0.717) is 6.42 Å². The van der Waals surface area contributed by atoms with Crippen molar-refractivity contribution in [2.75, 3.05) is 6.61 Å². The molecule has 2 fully saturated rings. The van der Waals surface area contributed by atoms with Crippen LogP contribution in [0.15, 0.2) is 0 Å². The van der Waals surface area contributed by atoms with Crippen molar-refractivity contribution in [1.82, 2.24) is 0 Å². The second-order valence-corrected chi connectivity index (χ2v) is 5.76. The Morgan fingerprint density at radius 2 is 2.05 bits per heavy atom. The number of alkyl halides is 3. The van der Waals surface area contributed by atoms with Crippen LogP contribution in [-0.4, -0.2) is 35.4 Å². The lowest BCUT2D eigenvalue weighted by Crippen LogP contribution is -2.64. The van der Waals surface area contributed by atoms with Crippen molar-refractivity contribution in [1.29, 1.82) is 0 Å². The van der Waals surface area contributed by atoms with Crippen LogP contribution < -0.4 is 0 Å². The normalized spacial score (nSPS) is 43.4. The first-order valence-electron chi connectivity index (χ1n) is 6.65. The smallest absolute Gasteiger partial charge is 0.380 e. The zero-order chi connectivity index (χ0) is 14.4. The van der Waals surface area contributed by atoms with E-state index in [1.54, 1.807) is 6.92 Å². The van der Waals surface area contributed by atoms with Crippen molar-refractivity contribution in [3.8, 4) is 0 Å². The summed E-state index contributed by atoms with van der Waals surface area (Å²) in [5.74, 6) is -2.33. The third kappa shape index (κ3) is 2.29. The Labute approximate surface area is 110 Å². The van der Waals surface area contributed by atoms with Gasteiger partial charge in [0.2, 0.25) is 0 Å². The number of aliphatic hydroxyl groups is 1. The summed E-state index contributed by atoms with van der Waals surface area (Å²) in [6, 6.07) is 0. The summed E-state index contributed by atoms with van der Waals surface area (Å²) in [7, 11) is 0. The zero-order valence-electron chi connectivity index (χ0n) is 11.0. The molecule has 0 unspecified atom stereocenters. The highest BCUT2D eigenvalue weighted by molar-refractivity contribution is 5.87. The summed E-state index contributed by atoms with van der Waals surface area (Å²) in [6.07, 6.45) is -5.51. The van der Waals surface area contributed by atoms with Gasteiger partial charge < -0.3 is 9.84 Å². The molecule has 2 bridgehead atoms. The Kier molecular flexibility index (Phi) is 3.68. The minimum atomic E-state index is -4.80. The molecule has 0 aromatic heterocycles. The fourth-order valence-corrected chi connectivity index (χ4v) is 3.48. The third-order valence-electron chi connectivity index (χ3n) is 4.41. The number of ketones is 1. The number of hydrogen-bond acceptors (Lipinski definition) is 3. The molecule has 6 heteroatoms. The minimum absolute atomic E-state index is 0.00942. The lowest BCUT2D eigenvalue weighted by atomic mass is 9.59. The van der Waals surface area contributed by atoms with E-state index >= 15 is 0 Å². The number of carbonyl (C=O) groups is 1. The molecule has 1 N–H and O–H groups in total. The summed E-state index contributed by atoms with van der Waals surface area (Å²) in [4.78, 5) is 12.2. The highest BCUT2D eigenvalue weighted by Crippen LogP contribution is 2.52. The Bertz CT molecular complexity index is 369. The zero-order valence-corrected chi connectivity index (χ0v) is 11.0. The summed E-state index contributed by atoms with van der Waals surface area (Å²) >= 11 is 0. The number of rotatable bonds is 2. The molecular formula is C13H19F3O3. The topological polar surface area (TPSA) is 46.5 Å². The van der Waals surface area contributed by atoms with Gasteiger partial charge in [-0.15, -0.1) is 0 Å². The first-order chi connectivity index (χ1) is 8.70. The number of fused-ring (bicyclic) bond motifs is 2. The van der Waals surface area contributed by atoms with Gasteiger partial charge in [-0.2, -0.15) is 13.2 Å². The molecule has 19 heavy (non-hydrogen) atoms. The van der Waals surface area contributed by atoms with E-state index < -0.39 is 41.9 Å². The van der Waals surface area contributed by atoms with Crippen LogP contribution in [0.2, 0.25) is 0 Å². The van der Waals surface area contributed by atoms with Crippen molar-refractivity contribution >= 4 is 5.78 Å². The molecule has 2 saturated carbocycles. The van der Waals surface area contributed by atoms with Gasteiger partial charge in [0.15, 0.2) is 5.60 Å². The fourth-order valence-electron chi connectivity index (χ4n) is 3.48. The molecule has 0 radical (unpaired) electrons. The van der Waals surface area contributed by atoms with E-state index in [2.05, 4.69) is 0 Å². The van der Waals surface area contributed by atoms with Gasteiger partial charge in [0.05, 0.1) is 12.0 Å². The first-order valence-corrected chi connectivity index (χ1v) is 6.65. The van der Waals surface area contributed by atoms with Crippen molar-refractivity contribution < 1.29 is 27.8 Å². The van der Waals surface area contributed by atoms with Crippen LogP contribution in [0.1, 0.15) is 33.1 Å². The monoisotopic (exact) mass is 280 g/mol. The van der Waals surface area contributed by atoms with E-state index in [4.69, 9.17) is 4.74 Å². The molecular weight excluding hydrogens is 261 g/mol. The molecule has 5 atom stereocenters. The molecule has 3 nitrogen and oxygen atoms in total. The first kappa shape index (κ1) is 14.8. The Balaban J connectivity index is 2.38. The second kappa shape index (κ2) is 4.74. The van der Waals surface area contributed by atoms with Crippen LogP contribution in [-0.2, 0) is 9.53 Å². The second-order valence-electron chi connectivity index (χ2n) is 5.76. The van der Waals surface area contributed by atoms with Crippen molar-refractivity contribution in [3.63, 3.8) is 0 Å². The number of Topliss-reactive ketones (excluding diaryl/α,β-unsaturated/α-hetero) is 1. The van der Waals surface area contributed by atoms with E-state index in [9.17, 15) is 23.1 Å². The average Bonchev–Trinajstić information content (AvgIpc) is 2.27. The van der Waals surface area contributed by atoms with Crippen LogP contribution in [0, 0.1) is 17.8 Å². The third-order valence-corrected chi connectivity index (χ3v) is 4.41. The Morgan fingerprint density at radius 1 is 1.42 bits per heavy atom. The molecule has 0 heterocycles. The van der Waals surface area contributed by atoms with Crippen LogP contribution >= 0.6 is 0 Å². The van der Waals surface area contributed by atoms with Gasteiger partial charge in [0.25, 0.3) is 0 Å². The number of ether oxygens (including phenoxy) is 1. The quantitative estimate of drug-likeness (QED) is 0.844. The number of carbonyl (C=O) groups excluding carboxylic acids is 1. The minimum Gasteiger partial charge on any atom is -0.380 e. The lowest BCUT2D eigenvalue weighted by molar-refractivity contribution is -0.299. The van der Waals surface area contributed by atoms with Gasteiger partial charge in [-0.05, 0) is 25.7 Å². The predicted octanol–water partition coefficient (Wildman–Crippen LogP) is 2.32. The summed E-state index contributed by atoms with van der Waals surface area (Å²) < 4.78 is 44.8. The predicted molar refractivity (Wildman–Crippen MR) is 61.4 cm³/mol. The fraction of sp³-hybridized carbons (Fsp3) is 0.923. The van der Waals surface area contributed by atoms with Crippen LogP contribution in [0.3, 0.4) is 0 Å². The summed E-state index contributed by atoms with van der Waals surface area (Å²) in [5.41, 5.74) is -2.94. The maximum atomic E-state index is 13.2. The SMILES string of the molecule is CCO[C@H]1C[C@](O)(C(F)(F)F)[C@@H]2C[C@@H](C)C[C@H]1C2=O. The summed E-state index contributed by atoms with van der Waals surface area (Å²) in [6.45, 7) is 3.73. The van der Waals surface area contributed by atoms with Gasteiger partial charge >= 0.3 is 6.18 Å². The van der Waals surface area contributed by atoms with E-state index in [1.807, 2.05) is 6.92 Å². The van der Waals surface area contributed by atoms with Gasteiger partial charge in [0.1, 0.15) is 5.78 Å². The van der Waals surface area contributed by atoms with E-state index in [1.165, 1.54) is 0 Å². The van der Waals surface area contributed by atoms with E-state index in [-0.39, 0.29) is 18.9 Å². The van der Waals surface area contributed by atoms with Crippen molar-refractivity contribution in [3.05, 3.63) is 0 Å². The highest BCUT2D eigenvalue weighted by Gasteiger charge is 2.66. The molecule has 110 valence electrons. The molecule has 2 aliphatic carbocycles. The molecule has 0 amide bonds. The van der Waals surface area contributed by atoms with Crippen molar-refractivity contribution in [2.45, 2.75) is 51.0 Å². The van der Waals surface area contributed by atoms with E-state index in [0.717, 1.165) is 0 Å². The maximum Gasteiger partial charge on any atom is 0.417 e.